The van der Waals surface area contributed by atoms with Crippen molar-refractivity contribution in [1.82, 2.24) is 9.80 Å². The van der Waals surface area contributed by atoms with Crippen molar-refractivity contribution in [1.29, 1.82) is 0 Å². The Morgan fingerprint density at radius 3 is 2.61 bits per heavy atom. The Morgan fingerprint density at radius 1 is 1.28 bits per heavy atom. The van der Waals surface area contributed by atoms with Gasteiger partial charge >= 0.3 is 5.97 Å². The highest BCUT2D eigenvalue weighted by Gasteiger charge is 2.23. The van der Waals surface area contributed by atoms with E-state index in [9.17, 15) is 9.59 Å². The fraction of sp³-hybridized carbons (Fsp3) is 0.846. The standard InChI is InChI=1S/C13H24N2O3/c1-14(2)12(16)8-10-15-9-4-3-5-11(15)6-7-13(17)18/h11H,3-10H2,1-2H3,(H,17,18). The SMILES string of the molecule is CN(C)C(=O)CCN1CCCCC1CCC(=O)O. The van der Waals surface area contributed by atoms with Crippen LogP contribution in [0.1, 0.15) is 38.5 Å². The summed E-state index contributed by atoms with van der Waals surface area (Å²) in [5.41, 5.74) is 0. The smallest absolute Gasteiger partial charge is 0.303 e. The van der Waals surface area contributed by atoms with Crippen molar-refractivity contribution in [2.75, 3.05) is 27.2 Å². The molecular formula is C13H24N2O3. The first-order valence-electron chi connectivity index (χ1n) is 6.66. The Morgan fingerprint density at radius 2 is 2.00 bits per heavy atom. The Bertz CT molecular complexity index is 292. The molecule has 5 nitrogen and oxygen atoms in total. The van der Waals surface area contributed by atoms with Crippen LogP contribution in [0, 0.1) is 0 Å². The van der Waals surface area contributed by atoms with Crippen molar-refractivity contribution in [3.8, 4) is 0 Å². The molecule has 0 spiro atoms. The first kappa shape index (κ1) is 15.0. The number of rotatable bonds is 6. The van der Waals surface area contributed by atoms with Gasteiger partial charge in [-0.3, -0.25) is 14.5 Å². The minimum atomic E-state index is -0.732. The number of carbonyl (C=O) groups is 2. The number of piperidine rings is 1. The summed E-state index contributed by atoms with van der Waals surface area (Å²) in [7, 11) is 3.53. The van der Waals surface area contributed by atoms with E-state index in [1.165, 1.54) is 6.42 Å². The summed E-state index contributed by atoms with van der Waals surface area (Å²) in [6, 6.07) is 0.338. The molecule has 1 fully saturated rings. The highest BCUT2D eigenvalue weighted by molar-refractivity contribution is 5.75. The summed E-state index contributed by atoms with van der Waals surface area (Å²) in [4.78, 5) is 26.1. The quantitative estimate of drug-likeness (QED) is 0.775. The molecule has 1 amide bonds. The van der Waals surface area contributed by atoms with Gasteiger partial charge in [0.25, 0.3) is 0 Å². The molecule has 0 aromatic rings. The van der Waals surface area contributed by atoms with Gasteiger partial charge in [-0.05, 0) is 25.8 Å². The van der Waals surface area contributed by atoms with Crippen molar-refractivity contribution >= 4 is 11.9 Å². The van der Waals surface area contributed by atoms with Gasteiger partial charge in [0.1, 0.15) is 0 Å². The van der Waals surface area contributed by atoms with Crippen molar-refractivity contribution in [3.05, 3.63) is 0 Å². The summed E-state index contributed by atoms with van der Waals surface area (Å²) in [5, 5.41) is 8.74. The van der Waals surface area contributed by atoms with Crippen molar-refractivity contribution < 1.29 is 14.7 Å². The fourth-order valence-corrected chi connectivity index (χ4v) is 2.43. The van der Waals surface area contributed by atoms with Crippen molar-refractivity contribution in [3.63, 3.8) is 0 Å². The Labute approximate surface area is 109 Å². The molecule has 0 saturated carbocycles. The second-order valence-electron chi connectivity index (χ2n) is 5.16. The van der Waals surface area contributed by atoms with Gasteiger partial charge in [-0.2, -0.15) is 0 Å². The number of hydrogen-bond acceptors (Lipinski definition) is 3. The van der Waals surface area contributed by atoms with Gasteiger partial charge in [0, 0.05) is 39.5 Å². The number of aliphatic carboxylic acids is 1. The lowest BCUT2D eigenvalue weighted by molar-refractivity contribution is -0.137. The molecule has 1 rings (SSSR count). The first-order valence-corrected chi connectivity index (χ1v) is 6.66. The first-order chi connectivity index (χ1) is 8.50. The third kappa shape index (κ3) is 5.04. The summed E-state index contributed by atoms with van der Waals surface area (Å²) >= 11 is 0. The summed E-state index contributed by atoms with van der Waals surface area (Å²) in [5.74, 6) is -0.595. The van der Waals surface area contributed by atoms with E-state index in [0.29, 0.717) is 18.9 Å². The largest absolute Gasteiger partial charge is 0.481 e. The molecule has 1 heterocycles. The summed E-state index contributed by atoms with van der Waals surface area (Å²) in [6.07, 6.45) is 4.83. The molecule has 5 heteroatoms. The predicted octanol–water partition coefficient (Wildman–Crippen LogP) is 1.18. The zero-order valence-electron chi connectivity index (χ0n) is 11.4. The van der Waals surface area contributed by atoms with Crippen LogP contribution >= 0.6 is 0 Å². The molecule has 0 aromatic carbocycles. The van der Waals surface area contributed by atoms with Crippen molar-refractivity contribution in [2.45, 2.75) is 44.6 Å². The van der Waals surface area contributed by atoms with Crippen LogP contribution < -0.4 is 0 Å². The minimum Gasteiger partial charge on any atom is -0.481 e. The zero-order chi connectivity index (χ0) is 13.5. The number of carboxylic acid groups (broad SMARTS) is 1. The van der Waals surface area contributed by atoms with Gasteiger partial charge in [0.15, 0.2) is 0 Å². The molecule has 18 heavy (non-hydrogen) atoms. The monoisotopic (exact) mass is 256 g/mol. The molecule has 1 aliphatic heterocycles. The summed E-state index contributed by atoms with van der Waals surface area (Å²) in [6.45, 7) is 1.74. The number of hydrogen-bond donors (Lipinski definition) is 1. The van der Waals surface area contributed by atoms with Crippen LogP contribution in [-0.2, 0) is 9.59 Å². The van der Waals surface area contributed by atoms with Crippen LogP contribution in [0.5, 0.6) is 0 Å². The molecule has 1 unspecified atom stereocenters. The molecular weight excluding hydrogens is 232 g/mol. The highest BCUT2D eigenvalue weighted by atomic mass is 16.4. The molecule has 104 valence electrons. The predicted molar refractivity (Wildman–Crippen MR) is 69.4 cm³/mol. The van der Waals surface area contributed by atoms with E-state index in [2.05, 4.69) is 4.90 Å². The number of nitrogens with zero attached hydrogens (tertiary/aromatic N) is 2. The molecule has 0 radical (unpaired) electrons. The highest BCUT2D eigenvalue weighted by Crippen LogP contribution is 2.21. The maximum Gasteiger partial charge on any atom is 0.303 e. The van der Waals surface area contributed by atoms with E-state index in [1.54, 1.807) is 19.0 Å². The topological polar surface area (TPSA) is 60.9 Å². The zero-order valence-corrected chi connectivity index (χ0v) is 11.4. The number of carboxylic acids is 1. The van der Waals surface area contributed by atoms with E-state index in [1.807, 2.05) is 0 Å². The number of likely N-dealkylation sites (tertiary alicyclic amines) is 1. The lowest BCUT2D eigenvalue weighted by Crippen LogP contribution is -2.41. The summed E-state index contributed by atoms with van der Waals surface area (Å²) < 4.78 is 0. The minimum absolute atomic E-state index is 0.137. The second-order valence-corrected chi connectivity index (χ2v) is 5.16. The van der Waals surface area contributed by atoms with Crippen LogP contribution in [0.15, 0.2) is 0 Å². The fourth-order valence-electron chi connectivity index (χ4n) is 2.43. The Balaban J connectivity index is 2.39. The van der Waals surface area contributed by atoms with Gasteiger partial charge in [0.05, 0.1) is 0 Å². The van der Waals surface area contributed by atoms with Crippen LogP contribution in [0.4, 0.5) is 0 Å². The lowest BCUT2D eigenvalue weighted by atomic mass is 9.97. The van der Waals surface area contributed by atoms with Gasteiger partial charge in [-0.25, -0.2) is 0 Å². The third-order valence-corrected chi connectivity index (χ3v) is 3.55. The van der Waals surface area contributed by atoms with E-state index in [-0.39, 0.29) is 12.3 Å². The van der Waals surface area contributed by atoms with E-state index in [4.69, 9.17) is 5.11 Å². The van der Waals surface area contributed by atoms with Crippen molar-refractivity contribution in [2.24, 2.45) is 0 Å². The van der Waals surface area contributed by atoms with Crippen LogP contribution in [0.3, 0.4) is 0 Å². The van der Waals surface area contributed by atoms with E-state index >= 15 is 0 Å². The lowest BCUT2D eigenvalue weighted by Gasteiger charge is -2.35. The van der Waals surface area contributed by atoms with Crippen LogP contribution in [0.25, 0.3) is 0 Å². The van der Waals surface area contributed by atoms with E-state index in [0.717, 1.165) is 25.9 Å². The maximum absolute atomic E-state index is 11.6. The normalized spacial score (nSPS) is 20.7. The third-order valence-electron chi connectivity index (χ3n) is 3.55. The van der Waals surface area contributed by atoms with E-state index < -0.39 is 5.97 Å². The molecule has 0 aromatic heterocycles. The molecule has 1 atom stereocenters. The molecule has 0 aliphatic carbocycles. The number of amides is 1. The Hall–Kier alpha value is -1.10. The molecule has 0 bridgehead atoms. The number of carbonyl (C=O) groups excluding carboxylic acids is 1. The van der Waals surface area contributed by atoms with Gasteiger partial charge < -0.3 is 10.0 Å². The van der Waals surface area contributed by atoms with Crippen LogP contribution in [-0.4, -0.2) is 60.0 Å². The second kappa shape index (κ2) is 7.36. The molecule has 1 N–H and O–H groups in total. The van der Waals surface area contributed by atoms with Gasteiger partial charge in [0.2, 0.25) is 5.91 Å². The Kier molecular flexibility index (Phi) is 6.12. The molecule has 1 aliphatic rings. The average Bonchev–Trinajstić information content (AvgIpc) is 2.34. The average molecular weight is 256 g/mol. The maximum atomic E-state index is 11.6. The van der Waals surface area contributed by atoms with Crippen LogP contribution in [0.2, 0.25) is 0 Å². The van der Waals surface area contributed by atoms with Gasteiger partial charge in [-0.15, -0.1) is 0 Å². The van der Waals surface area contributed by atoms with Gasteiger partial charge in [-0.1, -0.05) is 6.42 Å². The molecule has 1 saturated heterocycles.